The molecule has 1 heterocycles. The quantitative estimate of drug-likeness (QED) is 0.716. The third-order valence-corrected chi connectivity index (χ3v) is 5.66. The monoisotopic (exact) mass is 365 g/mol. The van der Waals surface area contributed by atoms with Crippen molar-refractivity contribution in [2.45, 2.75) is 45.6 Å². The summed E-state index contributed by atoms with van der Waals surface area (Å²) in [6.45, 7) is 9.92. The van der Waals surface area contributed by atoms with Gasteiger partial charge in [0, 0.05) is 21.8 Å². The molecule has 1 aromatic carbocycles. The number of rotatable bonds is 5. The Morgan fingerprint density at radius 1 is 1.14 bits per heavy atom. The Labute approximate surface area is 140 Å². The van der Waals surface area contributed by atoms with E-state index in [0.717, 1.165) is 13.0 Å². The van der Waals surface area contributed by atoms with Gasteiger partial charge < -0.3 is 5.32 Å². The number of nitrogens with one attached hydrogen (secondary N) is 1. The zero-order chi connectivity index (χ0) is 15.5. The molecule has 0 aliphatic carbocycles. The van der Waals surface area contributed by atoms with E-state index in [4.69, 9.17) is 0 Å². The largest absolute Gasteiger partial charge is 0.310 e. The van der Waals surface area contributed by atoms with Crippen molar-refractivity contribution in [1.82, 2.24) is 5.32 Å². The van der Waals surface area contributed by atoms with Gasteiger partial charge in [0.15, 0.2) is 0 Å². The summed E-state index contributed by atoms with van der Waals surface area (Å²) in [7, 11) is 0. The second-order valence-corrected chi connectivity index (χ2v) is 8.23. The SMILES string of the molecule is CCNC(Cc1sccc1Br)c1ccc(C(C)(C)C)cc1. The molecule has 1 N–H and O–H groups in total. The Kier molecular flexibility index (Phi) is 5.64. The Bertz CT molecular complexity index is 566. The van der Waals surface area contributed by atoms with Crippen LogP contribution in [0, 0.1) is 0 Å². The zero-order valence-electron chi connectivity index (χ0n) is 13.2. The average molecular weight is 366 g/mol. The molecule has 0 amide bonds. The van der Waals surface area contributed by atoms with Crippen LogP contribution in [0.4, 0.5) is 0 Å². The summed E-state index contributed by atoms with van der Waals surface area (Å²) in [6.07, 6.45) is 1.03. The van der Waals surface area contributed by atoms with E-state index in [1.165, 1.54) is 20.5 Å². The minimum absolute atomic E-state index is 0.211. The number of hydrogen-bond acceptors (Lipinski definition) is 2. The molecular weight excluding hydrogens is 342 g/mol. The Hall–Kier alpha value is -0.640. The summed E-state index contributed by atoms with van der Waals surface area (Å²) >= 11 is 5.46. The number of hydrogen-bond donors (Lipinski definition) is 1. The predicted octanol–water partition coefficient (Wildman–Crippen LogP) is 5.70. The molecule has 0 saturated carbocycles. The van der Waals surface area contributed by atoms with Gasteiger partial charge >= 0.3 is 0 Å². The molecule has 0 bridgehead atoms. The van der Waals surface area contributed by atoms with E-state index in [1.807, 2.05) is 11.3 Å². The van der Waals surface area contributed by atoms with Gasteiger partial charge in [0.2, 0.25) is 0 Å². The van der Waals surface area contributed by atoms with Gasteiger partial charge in [0.1, 0.15) is 0 Å². The molecule has 0 saturated heterocycles. The lowest BCUT2D eigenvalue weighted by molar-refractivity contribution is 0.550. The van der Waals surface area contributed by atoms with E-state index in [0.29, 0.717) is 6.04 Å². The lowest BCUT2D eigenvalue weighted by Crippen LogP contribution is -2.23. The lowest BCUT2D eigenvalue weighted by atomic mass is 9.86. The van der Waals surface area contributed by atoms with E-state index in [-0.39, 0.29) is 5.41 Å². The van der Waals surface area contributed by atoms with E-state index >= 15 is 0 Å². The molecule has 0 aliphatic rings. The van der Waals surface area contributed by atoms with Crippen LogP contribution in [0.15, 0.2) is 40.2 Å². The first-order chi connectivity index (χ1) is 9.91. The molecule has 2 aromatic rings. The topological polar surface area (TPSA) is 12.0 Å². The van der Waals surface area contributed by atoms with E-state index < -0.39 is 0 Å². The smallest absolute Gasteiger partial charge is 0.0369 e. The summed E-state index contributed by atoms with van der Waals surface area (Å²) in [4.78, 5) is 1.40. The molecular formula is C18H24BrNS. The molecule has 0 aliphatic heterocycles. The molecule has 21 heavy (non-hydrogen) atoms. The lowest BCUT2D eigenvalue weighted by Gasteiger charge is -2.22. The predicted molar refractivity (Wildman–Crippen MR) is 97.3 cm³/mol. The molecule has 3 heteroatoms. The van der Waals surface area contributed by atoms with Crippen molar-refractivity contribution in [1.29, 1.82) is 0 Å². The van der Waals surface area contributed by atoms with Gasteiger partial charge in [-0.15, -0.1) is 11.3 Å². The second kappa shape index (κ2) is 7.08. The third kappa shape index (κ3) is 4.41. The van der Waals surface area contributed by atoms with Crippen LogP contribution in [0.1, 0.15) is 49.7 Å². The molecule has 0 fully saturated rings. The highest BCUT2D eigenvalue weighted by atomic mass is 79.9. The normalized spacial score (nSPS) is 13.4. The second-order valence-electron chi connectivity index (χ2n) is 6.38. The number of benzene rings is 1. The van der Waals surface area contributed by atoms with Crippen LogP contribution in [0.5, 0.6) is 0 Å². The van der Waals surface area contributed by atoms with E-state index in [2.05, 4.69) is 84.7 Å². The first-order valence-corrected chi connectivity index (χ1v) is 9.14. The van der Waals surface area contributed by atoms with E-state index in [9.17, 15) is 0 Å². The number of thiophene rings is 1. The van der Waals surface area contributed by atoms with E-state index in [1.54, 1.807) is 0 Å². The van der Waals surface area contributed by atoms with Gasteiger partial charge in [-0.05, 0) is 50.5 Å². The first-order valence-electron chi connectivity index (χ1n) is 7.47. The minimum Gasteiger partial charge on any atom is -0.310 e. The highest BCUT2D eigenvalue weighted by molar-refractivity contribution is 9.10. The van der Waals surface area contributed by atoms with Crippen molar-refractivity contribution < 1.29 is 0 Å². The van der Waals surface area contributed by atoms with Crippen molar-refractivity contribution in [3.63, 3.8) is 0 Å². The van der Waals surface area contributed by atoms with Crippen molar-refractivity contribution >= 4 is 27.3 Å². The molecule has 2 rings (SSSR count). The fourth-order valence-corrected chi connectivity index (χ4v) is 3.99. The van der Waals surface area contributed by atoms with Crippen LogP contribution in [0.3, 0.4) is 0 Å². The van der Waals surface area contributed by atoms with Crippen molar-refractivity contribution in [2.75, 3.05) is 6.54 Å². The average Bonchev–Trinajstić information content (AvgIpc) is 2.83. The van der Waals surface area contributed by atoms with Gasteiger partial charge in [-0.1, -0.05) is 52.0 Å². The molecule has 1 aromatic heterocycles. The Balaban J connectivity index is 2.20. The molecule has 0 radical (unpaired) electrons. The summed E-state index contributed by atoms with van der Waals surface area (Å²) in [5.41, 5.74) is 2.96. The van der Waals surface area contributed by atoms with Gasteiger partial charge in [-0.25, -0.2) is 0 Å². The summed E-state index contributed by atoms with van der Waals surface area (Å²) in [6, 6.07) is 11.6. The number of likely N-dealkylation sites (N-methyl/N-ethyl adjacent to an activating group) is 1. The Morgan fingerprint density at radius 3 is 2.29 bits per heavy atom. The van der Waals surface area contributed by atoms with Gasteiger partial charge in [-0.3, -0.25) is 0 Å². The zero-order valence-corrected chi connectivity index (χ0v) is 15.6. The molecule has 114 valence electrons. The highest BCUT2D eigenvalue weighted by Gasteiger charge is 2.16. The first kappa shape index (κ1) is 16.7. The van der Waals surface area contributed by atoms with Crippen molar-refractivity contribution in [3.05, 3.63) is 56.2 Å². The van der Waals surface area contributed by atoms with Crippen molar-refractivity contribution in [3.8, 4) is 0 Å². The van der Waals surface area contributed by atoms with Gasteiger partial charge in [0.25, 0.3) is 0 Å². The Morgan fingerprint density at radius 2 is 1.81 bits per heavy atom. The summed E-state index contributed by atoms with van der Waals surface area (Å²) in [5, 5.41) is 5.75. The number of halogens is 1. The molecule has 1 atom stereocenters. The maximum atomic E-state index is 3.64. The van der Waals surface area contributed by atoms with Gasteiger partial charge in [-0.2, -0.15) is 0 Å². The highest BCUT2D eigenvalue weighted by Crippen LogP contribution is 2.29. The summed E-state index contributed by atoms with van der Waals surface area (Å²) in [5.74, 6) is 0. The molecule has 0 spiro atoms. The standard InChI is InChI=1S/C18H24BrNS/c1-5-20-16(12-17-15(19)10-11-21-17)13-6-8-14(9-7-13)18(2,3)4/h6-11,16,20H,5,12H2,1-4H3. The molecule has 1 nitrogen and oxygen atoms in total. The molecule has 1 unspecified atom stereocenters. The van der Waals surface area contributed by atoms with Crippen LogP contribution in [-0.2, 0) is 11.8 Å². The van der Waals surface area contributed by atoms with Crippen LogP contribution in [0.2, 0.25) is 0 Å². The maximum Gasteiger partial charge on any atom is 0.0369 e. The van der Waals surface area contributed by atoms with Crippen LogP contribution in [0.25, 0.3) is 0 Å². The maximum absolute atomic E-state index is 3.64. The minimum atomic E-state index is 0.211. The fraction of sp³-hybridized carbons (Fsp3) is 0.444. The van der Waals surface area contributed by atoms with Crippen LogP contribution in [-0.4, -0.2) is 6.54 Å². The van der Waals surface area contributed by atoms with Crippen molar-refractivity contribution in [2.24, 2.45) is 0 Å². The van der Waals surface area contributed by atoms with Crippen LogP contribution >= 0.6 is 27.3 Å². The fourth-order valence-electron chi connectivity index (χ4n) is 2.43. The van der Waals surface area contributed by atoms with Gasteiger partial charge in [0.05, 0.1) is 0 Å². The third-order valence-electron chi connectivity index (χ3n) is 3.71. The van der Waals surface area contributed by atoms with Crippen LogP contribution < -0.4 is 5.32 Å². The summed E-state index contributed by atoms with van der Waals surface area (Å²) < 4.78 is 1.22.